The van der Waals surface area contributed by atoms with Crippen molar-refractivity contribution in [1.82, 2.24) is 5.16 Å². The Hall–Kier alpha value is -3.23. The maximum atomic E-state index is 12.1. The monoisotopic (exact) mass is 353 g/mol. The van der Waals surface area contributed by atoms with Gasteiger partial charge in [0.1, 0.15) is 23.8 Å². The number of aromatic carboxylic acids is 1. The molecule has 1 aromatic heterocycles. The van der Waals surface area contributed by atoms with E-state index in [-0.39, 0.29) is 17.9 Å². The minimum absolute atomic E-state index is 0.00110. The average molecular weight is 353 g/mol. The number of benzene rings is 2. The van der Waals surface area contributed by atoms with Crippen molar-refractivity contribution in [3.05, 3.63) is 53.7 Å². The molecular formula is C16H10F3NO5. The van der Waals surface area contributed by atoms with Gasteiger partial charge in [0.15, 0.2) is 5.58 Å². The second-order valence-electron chi connectivity index (χ2n) is 4.95. The molecule has 0 saturated carbocycles. The third-order valence-electron chi connectivity index (χ3n) is 3.23. The molecule has 0 saturated heterocycles. The predicted octanol–water partition coefficient (Wildman–Crippen LogP) is 4.00. The topological polar surface area (TPSA) is 81.8 Å². The summed E-state index contributed by atoms with van der Waals surface area (Å²) < 4.78 is 50.6. The van der Waals surface area contributed by atoms with Gasteiger partial charge in [-0.25, -0.2) is 4.79 Å². The first-order valence-electron chi connectivity index (χ1n) is 6.92. The summed E-state index contributed by atoms with van der Waals surface area (Å²) in [4.78, 5) is 10.9. The van der Waals surface area contributed by atoms with E-state index in [0.717, 1.165) is 12.1 Å². The molecule has 0 aliphatic carbocycles. The molecular weight excluding hydrogens is 343 g/mol. The first kappa shape index (κ1) is 16.6. The molecule has 3 rings (SSSR count). The number of fused-ring (bicyclic) bond motifs is 1. The molecule has 1 heterocycles. The number of carboxylic acid groups (broad SMARTS) is 1. The second-order valence-corrected chi connectivity index (χ2v) is 4.95. The lowest BCUT2D eigenvalue weighted by atomic mass is 10.1. The van der Waals surface area contributed by atoms with Gasteiger partial charge in [-0.05, 0) is 42.5 Å². The molecule has 0 atom stereocenters. The van der Waals surface area contributed by atoms with Crippen molar-refractivity contribution in [2.24, 2.45) is 0 Å². The van der Waals surface area contributed by atoms with E-state index in [2.05, 4.69) is 9.89 Å². The van der Waals surface area contributed by atoms with E-state index in [9.17, 15) is 18.0 Å². The molecule has 25 heavy (non-hydrogen) atoms. The zero-order chi connectivity index (χ0) is 18.0. The third kappa shape index (κ3) is 4.00. The molecule has 0 aliphatic rings. The van der Waals surface area contributed by atoms with Crippen molar-refractivity contribution in [1.29, 1.82) is 0 Å². The summed E-state index contributed by atoms with van der Waals surface area (Å²) in [5, 5.41) is 13.3. The third-order valence-corrected chi connectivity index (χ3v) is 3.23. The van der Waals surface area contributed by atoms with Crippen molar-refractivity contribution in [2.45, 2.75) is 13.0 Å². The van der Waals surface area contributed by atoms with Crippen LogP contribution in [0.1, 0.15) is 16.1 Å². The Bertz CT molecular complexity index is 902. The van der Waals surface area contributed by atoms with Gasteiger partial charge in [0.25, 0.3) is 0 Å². The first-order valence-corrected chi connectivity index (χ1v) is 6.92. The molecule has 0 spiro atoms. The average Bonchev–Trinajstić information content (AvgIpc) is 2.95. The maximum Gasteiger partial charge on any atom is 0.573 e. The van der Waals surface area contributed by atoms with Crippen molar-refractivity contribution < 1.29 is 37.1 Å². The van der Waals surface area contributed by atoms with Gasteiger partial charge >= 0.3 is 12.3 Å². The molecule has 0 aliphatic heterocycles. The number of carbonyl (C=O) groups is 1. The smallest absolute Gasteiger partial charge is 0.487 e. The van der Waals surface area contributed by atoms with E-state index in [1.807, 2.05) is 0 Å². The summed E-state index contributed by atoms with van der Waals surface area (Å²) in [6.07, 6.45) is -4.75. The highest BCUT2D eigenvalue weighted by molar-refractivity contribution is 5.93. The number of hydrogen-bond donors (Lipinski definition) is 1. The van der Waals surface area contributed by atoms with Crippen LogP contribution in [0.4, 0.5) is 13.2 Å². The minimum Gasteiger partial charge on any atom is -0.487 e. The van der Waals surface area contributed by atoms with Crippen LogP contribution in [0.3, 0.4) is 0 Å². The van der Waals surface area contributed by atoms with Crippen LogP contribution in [0, 0.1) is 0 Å². The predicted molar refractivity (Wildman–Crippen MR) is 78.4 cm³/mol. The van der Waals surface area contributed by atoms with E-state index in [1.54, 1.807) is 6.07 Å². The lowest BCUT2D eigenvalue weighted by Gasteiger charge is -2.09. The van der Waals surface area contributed by atoms with Crippen LogP contribution in [0.25, 0.3) is 11.0 Å². The second kappa shape index (κ2) is 6.34. The number of alkyl halides is 3. The summed E-state index contributed by atoms with van der Waals surface area (Å²) >= 11 is 0. The van der Waals surface area contributed by atoms with Crippen LogP contribution in [0.5, 0.6) is 11.5 Å². The lowest BCUT2D eigenvalue weighted by Crippen LogP contribution is -2.16. The number of halogens is 3. The highest BCUT2D eigenvalue weighted by atomic mass is 19.4. The van der Waals surface area contributed by atoms with Gasteiger partial charge in [-0.15, -0.1) is 13.2 Å². The van der Waals surface area contributed by atoms with Gasteiger partial charge in [0, 0.05) is 5.39 Å². The first-order chi connectivity index (χ1) is 11.8. The Morgan fingerprint density at radius 1 is 1.12 bits per heavy atom. The van der Waals surface area contributed by atoms with E-state index >= 15 is 0 Å². The lowest BCUT2D eigenvalue weighted by molar-refractivity contribution is -0.274. The molecule has 2 aromatic carbocycles. The highest BCUT2D eigenvalue weighted by Gasteiger charge is 2.30. The number of nitrogens with zero attached hydrogens (tertiary/aromatic N) is 1. The molecule has 0 bridgehead atoms. The quantitative estimate of drug-likeness (QED) is 0.746. The fraction of sp³-hybridized carbons (Fsp3) is 0.125. The van der Waals surface area contributed by atoms with E-state index in [4.69, 9.17) is 14.4 Å². The number of rotatable bonds is 5. The van der Waals surface area contributed by atoms with Crippen LogP contribution in [-0.2, 0) is 6.61 Å². The van der Waals surface area contributed by atoms with Gasteiger partial charge in [-0.2, -0.15) is 0 Å². The van der Waals surface area contributed by atoms with Gasteiger partial charge in [-0.1, -0.05) is 5.16 Å². The molecule has 0 radical (unpaired) electrons. The van der Waals surface area contributed by atoms with Gasteiger partial charge in [0.05, 0.1) is 5.56 Å². The van der Waals surface area contributed by atoms with Crippen LogP contribution in [-0.4, -0.2) is 22.6 Å². The summed E-state index contributed by atoms with van der Waals surface area (Å²) in [5.41, 5.74) is 0.798. The van der Waals surface area contributed by atoms with Gasteiger partial charge in [0.2, 0.25) is 0 Å². The van der Waals surface area contributed by atoms with Crippen LogP contribution < -0.4 is 9.47 Å². The molecule has 0 amide bonds. The maximum absolute atomic E-state index is 12.1. The standard InChI is InChI=1S/C16H10F3NO5/c17-16(18,19)24-11-4-2-10(3-5-11)23-8-13-12-6-1-9(15(21)22)7-14(12)25-20-13/h1-7H,8H2,(H,21,22). The summed E-state index contributed by atoms with van der Waals surface area (Å²) in [6.45, 7) is -0.00110. The molecule has 0 fully saturated rings. The number of carboxylic acids is 1. The van der Waals surface area contributed by atoms with Crippen molar-refractivity contribution in [3.8, 4) is 11.5 Å². The van der Waals surface area contributed by atoms with Crippen molar-refractivity contribution >= 4 is 16.9 Å². The summed E-state index contributed by atoms with van der Waals surface area (Å²) in [5.74, 6) is -1.13. The number of hydrogen-bond acceptors (Lipinski definition) is 5. The number of ether oxygens (including phenoxy) is 2. The SMILES string of the molecule is O=C(O)c1ccc2c(COc3ccc(OC(F)(F)F)cc3)noc2c1. The fourth-order valence-electron chi connectivity index (χ4n) is 2.12. The zero-order valence-electron chi connectivity index (χ0n) is 12.4. The van der Waals surface area contributed by atoms with Gasteiger partial charge in [-0.3, -0.25) is 0 Å². The largest absolute Gasteiger partial charge is 0.573 e. The molecule has 0 unspecified atom stereocenters. The highest BCUT2D eigenvalue weighted by Crippen LogP contribution is 2.26. The Kier molecular flexibility index (Phi) is 4.22. The fourth-order valence-corrected chi connectivity index (χ4v) is 2.12. The zero-order valence-corrected chi connectivity index (χ0v) is 12.4. The van der Waals surface area contributed by atoms with E-state index in [0.29, 0.717) is 22.4 Å². The molecule has 6 nitrogen and oxygen atoms in total. The molecule has 130 valence electrons. The Balaban J connectivity index is 1.69. The summed E-state index contributed by atoms with van der Waals surface area (Å²) in [7, 11) is 0. The number of aromatic nitrogens is 1. The van der Waals surface area contributed by atoms with E-state index < -0.39 is 12.3 Å². The Morgan fingerprint density at radius 3 is 2.44 bits per heavy atom. The molecule has 9 heteroatoms. The van der Waals surface area contributed by atoms with Crippen molar-refractivity contribution in [2.75, 3.05) is 0 Å². The van der Waals surface area contributed by atoms with E-state index in [1.165, 1.54) is 24.3 Å². The van der Waals surface area contributed by atoms with Gasteiger partial charge < -0.3 is 19.1 Å². The Labute approximate surface area is 138 Å². The van der Waals surface area contributed by atoms with Crippen LogP contribution in [0.15, 0.2) is 47.0 Å². The minimum atomic E-state index is -4.75. The Morgan fingerprint density at radius 2 is 1.80 bits per heavy atom. The van der Waals surface area contributed by atoms with Crippen LogP contribution >= 0.6 is 0 Å². The van der Waals surface area contributed by atoms with Crippen molar-refractivity contribution in [3.63, 3.8) is 0 Å². The summed E-state index contributed by atoms with van der Waals surface area (Å²) in [6, 6.07) is 9.21. The van der Waals surface area contributed by atoms with Crippen LogP contribution in [0.2, 0.25) is 0 Å². The molecule has 3 aromatic rings. The molecule has 1 N–H and O–H groups in total. The normalized spacial score (nSPS) is 11.5.